The molecule has 1 aliphatic carbocycles. The molecule has 0 saturated carbocycles. The first-order chi connectivity index (χ1) is 14.1. The number of nitrogens with zero attached hydrogens (tertiary/aromatic N) is 1. The van der Waals surface area contributed by atoms with Crippen LogP contribution in [0.25, 0.3) is 6.08 Å². The average molecular weight is 397 g/mol. The van der Waals surface area contributed by atoms with Crippen molar-refractivity contribution in [3.63, 3.8) is 0 Å². The number of nitrogens with one attached hydrogen (secondary N) is 2. The summed E-state index contributed by atoms with van der Waals surface area (Å²) in [5.74, 6) is 1.00. The Balaban J connectivity index is 0.00000145. The molecule has 0 radical (unpaired) electrons. The SMILES string of the molecule is CC.CC1=CCCC=C1/C(N)=C/c1c(N=C/C(=C\N)C2CCNCC2)c[nH]c1N. The van der Waals surface area contributed by atoms with Crippen LogP contribution in [0.2, 0.25) is 0 Å². The van der Waals surface area contributed by atoms with Gasteiger partial charge in [-0.1, -0.05) is 26.0 Å². The Bertz CT molecular complexity index is 816. The van der Waals surface area contributed by atoms with Crippen molar-refractivity contribution in [1.82, 2.24) is 10.3 Å². The monoisotopic (exact) mass is 396 g/mol. The van der Waals surface area contributed by atoms with Crippen LogP contribution in [-0.4, -0.2) is 24.3 Å². The molecule has 3 rings (SSSR count). The highest BCUT2D eigenvalue weighted by Gasteiger charge is 2.16. The number of aliphatic imine (C=N–C) groups is 1. The lowest BCUT2D eigenvalue weighted by Crippen LogP contribution is -2.29. The third-order valence-corrected chi connectivity index (χ3v) is 5.29. The number of hydrogen-bond acceptors (Lipinski definition) is 5. The Morgan fingerprint density at radius 2 is 1.86 bits per heavy atom. The molecule has 8 N–H and O–H groups in total. The van der Waals surface area contributed by atoms with Gasteiger partial charge in [-0.2, -0.15) is 0 Å². The van der Waals surface area contributed by atoms with E-state index in [-0.39, 0.29) is 0 Å². The van der Waals surface area contributed by atoms with E-state index in [0.29, 0.717) is 17.4 Å². The predicted molar refractivity (Wildman–Crippen MR) is 126 cm³/mol. The molecule has 0 amide bonds. The molecule has 1 saturated heterocycles. The summed E-state index contributed by atoms with van der Waals surface area (Å²) in [6.45, 7) is 8.11. The topological polar surface area (TPSA) is 118 Å². The number of nitrogens with two attached hydrogens (primary N) is 3. The normalized spacial score (nSPS) is 18.9. The first-order valence-electron chi connectivity index (χ1n) is 10.6. The molecule has 0 aromatic carbocycles. The second-order valence-corrected chi connectivity index (χ2v) is 7.13. The van der Waals surface area contributed by atoms with E-state index < -0.39 is 0 Å². The molecular weight excluding hydrogens is 360 g/mol. The summed E-state index contributed by atoms with van der Waals surface area (Å²) in [4.78, 5) is 7.70. The molecule has 2 aliphatic rings. The maximum Gasteiger partial charge on any atom is 0.110 e. The van der Waals surface area contributed by atoms with Crippen molar-refractivity contribution in [2.75, 3.05) is 18.8 Å². The van der Waals surface area contributed by atoms with Gasteiger partial charge in [0.15, 0.2) is 0 Å². The summed E-state index contributed by atoms with van der Waals surface area (Å²) in [5, 5.41) is 3.37. The molecule has 29 heavy (non-hydrogen) atoms. The Hall–Kier alpha value is -2.73. The first-order valence-corrected chi connectivity index (χ1v) is 10.6. The van der Waals surface area contributed by atoms with Gasteiger partial charge in [0.25, 0.3) is 0 Å². The average Bonchev–Trinajstić information content (AvgIpc) is 3.10. The Morgan fingerprint density at radius 3 is 2.52 bits per heavy atom. The molecule has 1 aliphatic heterocycles. The molecule has 1 fully saturated rings. The fourth-order valence-electron chi connectivity index (χ4n) is 3.66. The van der Waals surface area contributed by atoms with E-state index in [0.717, 1.165) is 61.2 Å². The van der Waals surface area contributed by atoms with Gasteiger partial charge in [-0.05, 0) is 80.6 Å². The van der Waals surface area contributed by atoms with E-state index in [1.807, 2.05) is 26.1 Å². The van der Waals surface area contributed by atoms with E-state index in [2.05, 4.69) is 34.4 Å². The highest BCUT2D eigenvalue weighted by molar-refractivity contribution is 5.85. The van der Waals surface area contributed by atoms with Gasteiger partial charge in [-0.15, -0.1) is 0 Å². The fraction of sp³-hybridized carbons (Fsp3) is 0.435. The van der Waals surface area contributed by atoms with Gasteiger partial charge in [0, 0.05) is 23.7 Å². The Labute approximate surface area is 174 Å². The summed E-state index contributed by atoms with van der Waals surface area (Å²) in [5.41, 5.74) is 24.0. The van der Waals surface area contributed by atoms with Gasteiger partial charge >= 0.3 is 0 Å². The second-order valence-electron chi connectivity index (χ2n) is 7.13. The number of anilines is 1. The minimum atomic E-state index is 0.445. The Morgan fingerprint density at radius 1 is 1.17 bits per heavy atom. The van der Waals surface area contributed by atoms with Crippen LogP contribution < -0.4 is 22.5 Å². The zero-order valence-corrected chi connectivity index (χ0v) is 18.0. The van der Waals surface area contributed by atoms with E-state index in [9.17, 15) is 0 Å². The molecule has 1 aromatic rings. The lowest BCUT2D eigenvalue weighted by molar-refractivity contribution is 0.429. The van der Waals surface area contributed by atoms with Crippen molar-refractivity contribution in [3.05, 3.63) is 52.5 Å². The smallest absolute Gasteiger partial charge is 0.110 e. The van der Waals surface area contributed by atoms with Crippen LogP contribution in [-0.2, 0) is 0 Å². The summed E-state index contributed by atoms with van der Waals surface area (Å²) in [7, 11) is 0. The maximum atomic E-state index is 6.36. The first kappa shape index (κ1) is 22.6. The van der Waals surface area contributed by atoms with Gasteiger partial charge < -0.3 is 27.5 Å². The lowest BCUT2D eigenvalue weighted by atomic mass is 9.91. The van der Waals surface area contributed by atoms with E-state index in [1.165, 1.54) is 5.57 Å². The molecule has 2 heterocycles. The van der Waals surface area contributed by atoms with Crippen LogP contribution in [0.5, 0.6) is 0 Å². The summed E-state index contributed by atoms with van der Waals surface area (Å²) in [6.07, 6.45) is 15.9. The molecule has 6 nitrogen and oxygen atoms in total. The summed E-state index contributed by atoms with van der Waals surface area (Å²) in [6, 6.07) is 0. The van der Waals surface area contributed by atoms with Crippen LogP contribution in [0.1, 0.15) is 52.0 Å². The Kier molecular flexibility index (Phi) is 8.80. The van der Waals surface area contributed by atoms with Crippen LogP contribution >= 0.6 is 0 Å². The van der Waals surface area contributed by atoms with Crippen molar-refractivity contribution >= 4 is 23.8 Å². The third kappa shape index (κ3) is 5.87. The standard InChI is InChI=1S/C21H30N6.C2H6/c1-14-4-2-3-5-17(14)19(23)10-18-20(13-27-21(18)24)26-12-16(11-22)15-6-8-25-9-7-15;1-2/h4-5,10-13,15,25,27H,2-3,6-9,22-24H2,1H3;1-2H3/b16-11+,19-10-,26-12?;. The van der Waals surface area contributed by atoms with E-state index in [4.69, 9.17) is 17.2 Å². The third-order valence-electron chi connectivity index (χ3n) is 5.29. The predicted octanol–water partition coefficient (Wildman–Crippen LogP) is 4.13. The largest absolute Gasteiger partial charge is 0.404 e. The quantitative estimate of drug-likeness (QED) is 0.481. The summed E-state index contributed by atoms with van der Waals surface area (Å²) >= 11 is 0. The lowest BCUT2D eigenvalue weighted by Gasteiger charge is -2.22. The summed E-state index contributed by atoms with van der Waals surface area (Å²) < 4.78 is 0. The molecular formula is C23H36N6. The van der Waals surface area contributed by atoms with Gasteiger partial charge in [-0.25, -0.2) is 0 Å². The van der Waals surface area contributed by atoms with Gasteiger partial charge in [0.05, 0.1) is 5.69 Å². The van der Waals surface area contributed by atoms with Crippen LogP contribution in [0.3, 0.4) is 0 Å². The zero-order valence-electron chi connectivity index (χ0n) is 18.0. The van der Waals surface area contributed by atoms with Gasteiger partial charge in [-0.3, -0.25) is 4.99 Å². The minimum absolute atomic E-state index is 0.445. The molecule has 0 atom stereocenters. The number of hydrogen-bond donors (Lipinski definition) is 5. The zero-order chi connectivity index (χ0) is 21.2. The number of nitrogen functional groups attached to an aromatic ring is 1. The van der Waals surface area contributed by atoms with Gasteiger partial charge in [0.2, 0.25) is 0 Å². The minimum Gasteiger partial charge on any atom is -0.404 e. The van der Waals surface area contributed by atoms with Gasteiger partial charge in [0.1, 0.15) is 5.82 Å². The van der Waals surface area contributed by atoms with Crippen LogP contribution in [0.4, 0.5) is 11.5 Å². The molecule has 6 heteroatoms. The molecule has 158 valence electrons. The van der Waals surface area contributed by atoms with Crippen molar-refractivity contribution in [3.8, 4) is 0 Å². The van der Waals surface area contributed by atoms with Crippen LogP contribution in [0, 0.1) is 5.92 Å². The number of H-pyrrole nitrogens is 1. The molecule has 1 aromatic heterocycles. The maximum absolute atomic E-state index is 6.36. The molecule has 0 unspecified atom stereocenters. The fourth-order valence-corrected chi connectivity index (χ4v) is 3.66. The highest BCUT2D eigenvalue weighted by atomic mass is 14.9. The number of aromatic amines is 1. The second kappa shape index (κ2) is 11.3. The van der Waals surface area contributed by atoms with Crippen molar-refractivity contribution in [2.24, 2.45) is 22.4 Å². The van der Waals surface area contributed by atoms with E-state index >= 15 is 0 Å². The molecule has 0 bridgehead atoms. The van der Waals surface area contributed by atoms with E-state index in [1.54, 1.807) is 12.4 Å². The van der Waals surface area contributed by atoms with Crippen molar-refractivity contribution in [2.45, 2.75) is 46.5 Å². The number of allylic oxidation sites excluding steroid dienone is 4. The highest BCUT2D eigenvalue weighted by Crippen LogP contribution is 2.30. The number of aromatic nitrogens is 1. The molecule has 0 spiro atoms. The number of piperidine rings is 1. The number of rotatable bonds is 5. The van der Waals surface area contributed by atoms with Crippen LogP contribution in [0.15, 0.2) is 52.0 Å². The van der Waals surface area contributed by atoms with Crippen molar-refractivity contribution in [1.29, 1.82) is 0 Å². The van der Waals surface area contributed by atoms with Crippen molar-refractivity contribution < 1.29 is 0 Å².